The molecule has 1 atom stereocenters. The molecule has 1 heterocycles. The van der Waals surface area contributed by atoms with Crippen LogP contribution in [-0.2, 0) is 11.3 Å². The standard InChI is InChI=1S/C17H28N2O4/c1-20-8-5-14-12-19(7-6-18-14)11-13-9-15(21-2)17(23-4)16(10-13)22-3/h9-10,14,18H,5-8,11-12H2,1-4H3. The van der Waals surface area contributed by atoms with Crippen molar-refractivity contribution in [3.8, 4) is 17.2 Å². The first-order chi connectivity index (χ1) is 11.2. The van der Waals surface area contributed by atoms with Gasteiger partial charge in [0.1, 0.15) is 0 Å². The molecule has 1 aliphatic rings. The number of nitrogens with one attached hydrogen (secondary N) is 1. The van der Waals surface area contributed by atoms with Crippen molar-refractivity contribution in [1.82, 2.24) is 10.2 Å². The maximum atomic E-state index is 5.43. The molecule has 0 aromatic heterocycles. The second kappa shape index (κ2) is 8.96. The summed E-state index contributed by atoms with van der Waals surface area (Å²) in [4.78, 5) is 2.44. The number of hydrogen-bond donors (Lipinski definition) is 1. The summed E-state index contributed by atoms with van der Waals surface area (Å²) >= 11 is 0. The molecule has 1 aromatic carbocycles. The topological polar surface area (TPSA) is 52.2 Å². The second-order valence-corrected chi connectivity index (χ2v) is 5.70. The molecule has 1 saturated heterocycles. The third-order valence-electron chi connectivity index (χ3n) is 4.14. The van der Waals surface area contributed by atoms with Crippen LogP contribution in [0, 0.1) is 0 Å². The van der Waals surface area contributed by atoms with Gasteiger partial charge in [-0.25, -0.2) is 0 Å². The minimum Gasteiger partial charge on any atom is -0.493 e. The van der Waals surface area contributed by atoms with Crippen molar-refractivity contribution in [2.75, 3.05) is 54.7 Å². The monoisotopic (exact) mass is 324 g/mol. The minimum absolute atomic E-state index is 0.478. The minimum atomic E-state index is 0.478. The van der Waals surface area contributed by atoms with E-state index in [-0.39, 0.29) is 0 Å². The zero-order chi connectivity index (χ0) is 16.7. The van der Waals surface area contributed by atoms with Crippen LogP contribution in [0.2, 0.25) is 0 Å². The van der Waals surface area contributed by atoms with E-state index in [1.165, 1.54) is 0 Å². The number of ether oxygens (including phenoxy) is 4. The zero-order valence-electron chi connectivity index (χ0n) is 14.6. The quantitative estimate of drug-likeness (QED) is 0.782. The maximum Gasteiger partial charge on any atom is 0.203 e. The molecule has 1 aromatic rings. The van der Waals surface area contributed by atoms with Crippen molar-refractivity contribution in [3.63, 3.8) is 0 Å². The Hall–Kier alpha value is -1.50. The van der Waals surface area contributed by atoms with Gasteiger partial charge in [0.05, 0.1) is 21.3 Å². The van der Waals surface area contributed by atoms with Crippen molar-refractivity contribution in [2.24, 2.45) is 0 Å². The molecule has 1 N–H and O–H groups in total. The van der Waals surface area contributed by atoms with Crippen LogP contribution in [-0.4, -0.2) is 65.6 Å². The van der Waals surface area contributed by atoms with Gasteiger partial charge < -0.3 is 24.3 Å². The summed E-state index contributed by atoms with van der Waals surface area (Å²) in [5.74, 6) is 2.04. The van der Waals surface area contributed by atoms with Gasteiger partial charge in [-0.15, -0.1) is 0 Å². The molecule has 0 spiro atoms. The van der Waals surface area contributed by atoms with Crippen LogP contribution in [0.1, 0.15) is 12.0 Å². The Morgan fingerprint density at radius 3 is 2.35 bits per heavy atom. The molecule has 6 nitrogen and oxygen atoms in total. The highest BCUT2D eigenvalue weighted by atomic mass is 16.5. The average molecular weight is 324 g/mol. The number of benzene rings is 1. The fourth-order valence-electron chi connectivity index (χ4n) is 2.98. The van der Waals surface area contributed by atoms with E-state index >= 15 is 0 Å². The van der Waals surface area contributed by atoms with Crippen LogP contribution in [0.25, 0.3) is 0 Å². The summed E-state index contributed by atoms with van der Waals surface area (Å²) in [7, 11) is 6.66. The van der Waals surface area contributed by atoms with Gasteiger partial charge in [0.15, 0.2) is 11.5 Å². The van der Waals surface area contributed by atoms with Crippen LogP contribution in [0.15, 0.2) is 12.1 Å². The van der Waals surface area contributed by atoms with E-state index in [4.69, 9.17) is 18.9 Å². The van der Waals surface area contributed by atoms with Gasteiger partial charge in [-0.1, -0.05) is 0 Å². The number of piperazine rings is 1. The van der Waals surface area contributed by atoms with E-state index in [1.54, 1.807) is 28.4 Å². The number of rotatable bonds is 8. The summed E-state index contributed by atoms with van der Waals surface area (Å²) in [6, 6.07) is 4.52. The van der Waals surface area contributed by atoms with Crippen LogP contribution in [0.4, 0.5) is 0 Å². The predicted octanol–water partition coefficient (Wildman–Crippen LogP) is 1.52. The molecule has 0 aliphatic carbocycles. The van der Waals surface area contributed by atoms with Gasteiger partial charge >= 0.3 is 0 Å². The van der Waals surface area contributed by atoms with E-state index in [9.17, 15) is 0 Å². The van der Waals surface area contributed by atoms with Crippen molar-refractivity contribution < 1.29 is 18.9 Å². The second-order valence-electron chi connectivity index (χ2n) is 5.70. The lowest BCUT2D eigenvalue weighted by atomic mass is 10.1. The Labute approximate surface area is 138 Å². The highest BCUT2D eigenvalue weighted by Crippen LogP contribution is 2.38. The van der Waals surface area contributed by atoms with Crippen molar-refractivity contribution in [2.45, 2.75) is 19.0 Å². The van der Waals surface area contributed by atoms with E-state index in [0.717, 1.165) is 44.8 Å². The normalized spacial score (nSPS) is 18.7. The predicted molar refractivity (Wildman–Crippen MR) is 89.7 cm³/mol. The average Bonchev–Trinajstić information content (AvgIpc) is 2.59. The first kappa shape index (κ1) is 17.8. The van der Waals surface area contributed by atoms with Gasteiger partial charge in [-0.2, -0.15) is 0 Å². The van der Waals surface area contributed by atoms with Crippen molar-refractivity contribution in [3.05, 3.63) is 17.7 Å². The number of nitrogens with zero attached hydrogens (tertiary/aromatic N) is 1. The summed E-state index contributed by atoms with van der Waals surface area (Å²) in [6.45, 7) is 4.69. The molecule has 0 amide bonds. The summed E-state index contributed by atoms with van der Waals surface area (Å²) in [5, 5.41) is 3.54. The van der Waals surface area contributed by atoms with E-state index in [0.29, 0.717) is 23.3 Å². The molecule has 1 unspecified atom stereocenters. The van der Waals surface area contributed by atoms with Crippen molar-refractivity contribution in [1.29, 1.82) is 0 Å². The molecule has 0 radical (unpaired) electrons. The summed E-state index contributed by atoms with van der Waals surface area (Å²) in [6.07, 6.45) is 1.03. The summed E-state index contributed by atoms with van der Waals surface area (Å²) < 4.78 is 21.4. The Morgan fingerprint density at radius 1 is 1.09 bits per heavy atom. The van der Waals surface area contributed by atoms with Crippen LogP contribution < -0.4 is 19.5 Å². The molecule has 1 fully saturated rings. The highest BCUT2D eigenvalue weighted by Gasteiger charge is 2.20. The highest BCUT2D eigenvalue weighted by molar-refractivity contribution is 5.53. The van der Waals surface area contributed by atoms with Crippen LogP contribution >= 0.6 is 0 Å². The third kappa shape index (κ3) is 4.73. The fourth-order valence-corrected chi connectivity index (χ4v) is 2.98. The van der Waals surface area contributed by atoms with Gasteiger partial charge in [0, 0.05) is 45.9 Å². The number of hydrogen-bond acceptors (Lipinski definition) is 6. The Balaban J connectivity index is 2.07. The lowest BCUT2D eigenvalue weighted by Gasteiger charge is -2.33. The lowest BCUT2D eigenvalue weighted by Crippen LogP contribution is -2.50. The van der Waals surface area contributed by atoms with E-state index < -0.39 is 0 Å². The third-order valence-corrected chi connectivity index (χ3v) is 4.14. The Bertz CT molecular complexity index is 470. The van der Waals surface area contributed by atoms with Crippen LogP contribution in [0.3, 0.4) is 0 Å². The Kier molecular flexibility index (Phi) is 6.95. The summed E-state index contributed by atoms with van der Waals surface area (Å²) in [5.41, 5.74) is 1.16. The maximum absolute atomic E-state index is 5.43. The molecular formula is C17H28N2O4. The molecule has 6 heteroatoms. The van der Waals surface area contributed by atoms with Gasteiger partial charge in [0.2, 0.25) is 5.75 Å². The molecule has 2 rings (SSSR count). The van der Waals surface area contributed by atoms with Gasteiger partial charge in [-0.3, -0.25) is 4.90 Å². The first-order valence-corrected chi connectivity index (χ1v) is 7.95. The number of methoxy groups -OCH3 is 4. The molecule has 0 saturated carbocycles. The molecule has 23 heavy (non-hydrogen) atoms. The zero-order valence-corrected chi connectivity index (χ0v) is 14.6. The van der Waals surface area contributed by atoms with Crippen molar-refractivity contribution >= 4 is 0 Å². The first-order valence-electron chi connectivity index (χ1n) is 7.95. The van der Waals surface area contributed by atoms with Gasteiger partial charge in [0.25, 0.3) is 0 Å². The van der Waals surface area contributed by atoms with Gasteiger partial charge in [-0.05, 0) is 24.1 Å². The van der Waals surface area contributed by atoms with E-state index in [2.05, 4.69) is 10.2 Å². The molecule has 0 bridgehead atoms. The lowest BCUT2D eigenvalue weighted by molar-refractivity contribution is 0.144. The van der Waals surface area contributed by atoms with Crippen LogP contribution in [0.5, 0.6) is 17.2 Å². The fraction of sp³-hybridized carbons (Fsp3) is 0.647. The van der Waals surface area contributed by atoms with E-state index in [1.807, 2.05) is 12.1 Å². The molecule has 1 aliphatic heterocycles. The SMILES string of the molecule is COCCC1CN(Cc2cc(OC)c(OC)c(OC)c2)CCN1. The molecule has 130 valence electrons. The largest absolute Gasteiger partial charge is 0.493 e. The smallest absolute Gasteiger partial charge is 0.203 e. The Morgan fingerprint density at radius 2 is 1.78 bits per heavy atom. The molecular weight excluding hydrogens is 296 g/mol.